The Labute approximate surface area is 117 Å². The van der Waals surface area contributed by atoms with Gasteiger partial charge in [0.15, 0.2) is 0 Å². The van der Waals surface area contributed by atoms with Crippen molar-refractivity contribution in [2.45, 2.75) is 17.9 Å². The zero-order valence-electron chi connectivity index (χ0n) is 11.5. The summed E-state index contributed by atoms with van der Waals surface area (Å²) in [5.41, 5.74) is 5.21. The van der Waals surface area contributed by atoms with Crippen LogP contribution in [0.25, 0.3) is 0 Å². The van der Waals surface area contributed by atoms with Crippen molar-refractivity contribution < 1.29 is 22.3 Å². The summed E-state index contributed by atoms with van der Waals surface area (Å²) in [7, 11) is -1.61. The van der Waals surface area contributed by atoms with E-state index in [2.05, 4.69) is 4.74 Å². The van der Waals surface area contributed by atoms with E-state index in [1.807, 2.05) is 0 Å². The Hall–Kier alpha value is -1.51. The van der Waals surface area contributed by atoms with Crippen molar-refractivity contribution in [3.63, 3.8) is 0 Å². The Morgan fingerprint density at radius 2 is 2.10 bits per heavy atom. The van der Waals surface area contributed by atoms with Gasteiger partial charge < -0.3 is 10.5 Å². The van der Waals surface area contributed by atoms with Crippen molar-refractivity contribution >= 4 is 16.0 Å². The molecule has 0 radical (unpaired) electrons. The molecule has 2 N–H and O–H groups in total. The van der Waals surface area contributed by atoms with Gasteiger partial charge in [-0.25, -0.2) is 17.6 Å². The third-order valence-corrected chi connectivity index (χ3v) is 4.98. The van der Waals surface area contributed by atoms with E-state index < -0.39 is 32.7 Å². The molecule has 0 spiro atoms. The third-order valence-electron chi connectivity index (χ3n) is 2.97. The van der Waals surface area contributed by atoms with Crippen molar-refractivity contribution in [1.82, 2.24) is 4.31 Å². The second-order valence-corrected chi connectivity index (χ2v) is 6.20. The number of hydrogen-bond donors (Lipinski definition) is 1. The number of ether oxygens (including phenoxy) is 1. The highest BCUT2D eigenvalue weighted by molar-refractivity contribution is 7.89. The van der Waals surface area contributed by atoms with Crippen LogP contribution in [0.3, 0.4) is 0 Å². The number of halogens is 1. The van der Waals surface area contributed by atoms with Crippen LogP contribution in [0.1, 0.15) is 17.3 Å². The number of benzene rings is 1. The number of likely N-dealkylation sites (N-methyl/N-ethyl adjacent to an activating group) is 1. The van der Waals surface area contributed by atoms with Crippen molar-refractivity contribution in [3.05, 3.63) is 29.6 Å². The van der Waals surface area contributed by atoms with Crippen molar-refractivity contribution in [2.24, 2.45) is 5.73 Å². The van der Waals surface area contributed by atoms with E-state index in [1.165, 1.54) is 7.05 Å². The second-order valence-electron chi connectivity index (χ2n) is 4.24. The van der Waals surface area contributed by atoms with Gasteiger partial charge >= 0.3 is 5.97 Å². The summed E-state index contributed by atoms with van der Waals surface area (Å²) in [6, 6.07) is 2.38. The molecule has 0 amide bonds. The van der Waals surface area contributed by atoms with Crippen LogP contribution < -0.4 is 5.73 Å². The largest absolute Gasteiger partial charge is 0.465 e. The molecule has 20 heavy (non-hydrogen) atoms. The highest BCUT2D eigenvalue weighted by Crippen LogP contribution is 2.22. The van der Waals surface area contributed by atoms with Crippen molar-refractivity contribution in [1.29, 1.82) is 0 Å². The number of rotatable bonds is 5. The van der Waals surface area contributed by atoms with Crippen LogP contribution in [-0.4, -0.2) is 45.4 Å². The first-order valence-electron chi connectivity index (χ1n) is 5.81. The average Bonchev–Trinajstić information content (AvgIpc) is 2.44. The van der Waals surface area contributed by atoms with Crippen LogP contribution in [0.5, 0.6) is 0 Å². The molecule has 1 unspecified atom stereocenters. The SMILES string of the molecule is COC(=O)c1ccc(F)cc1S(=O)(=O)N(C)C(C)CN. The minimum atomic E-state index is -4.05. The zero-order valence-corrected chi connectivity index (χ0v) is 12.3. The molecule has 0 aliphatic rings. The summed E-state index contributed by atoms with van der Waals surface area (Å²) >= 11 is 0. The average molecular weight is 304 g/mol. The number of esters is 1. The van der Waals surface area contributed by atoms with E-state index >= 15 is 0 Å². The molecule has 1 atom stereocenters. The van der Waals surface area contributed by atoms with Gasteiger partial charge in [-0.05, 0) is 25.1 Å². The fourth-order valence-corrected chi connectivity index (χ4v) is 3.09. The van der Waals surface area contributed by atoms with Crippen molar-refractivity contribution in [3.8, 4) is 0 Å². The number of carbonyl (C=O) groups excluding carboxylic acids is 1. The van der Waals surface area contributed by atoms with Gasteiger partial charge in [0.2, 0.25) is 10.0 Å². The quantitative estimate of drug-likeness (QED) is 0.804. The minimum absolute atomic E-state index is 0.0958. The molecule has 8 heteroatoms. The summed E-state index contributed by atoms with van der Waals surface area (Å²) in [5, 5.41) is 0. The first kappa shape index (κ1) is 16.5. The summed E-state index contributed by atoms with van der Waals surface area (Å²) in [5.74, 6) is -1.61. The predicted molar refractivity (Wildman–Crippen MR) is 71.2 cm³/mol. The Bertz CT molecular complexity index is 603. The molecule has 0 heterocycles. The van der Waals surface area contributed by atoms with Crippen LogP contribution in [0.4, 0.5) is 4.39 Å². The van der Waals surface area contributed by atoms with Crippen LogP contribution >= 0.6 is 0 Å². The fourth-order valence-electron chi connectivity index (χ4n) is 1.53. The normalized spacial score (nSPS) is 13.3. The molecule has 0 aliphatic heterocycles. The molecule has 0 saturated heterocycles. The van der Waals surface area contributed by atoms with E-state index in [0.29, 0.717) is 0 Å². The van der Waals surface area contributed by atoms with E-state index in [0.717, 1.165) is 29.6 Å². The Kier molecular flexibility index (Phi) is 5.21. The lowest BCUT2D eigenvalue weighted by Gasteiger charge is -2.23. The molecule has 0 bridgehead atoms. The smallest absolute Gasteiger partial charge is 0.339 e. The molecule has 6 nitrogen and oxygen atoms in total. The minimum Gasteiger partial charge on any atom is -0.465 e. The highest BCUT2D eigenvalue weighted by Gasteiger charge is 2.30. The lowest BCUT2D eigenvalue weighted by molar-refractivity contribution is 0.0596. The number of carbonyl (C=O) groups is 1. The highest BCUT2D eigenvalue weighted by atomic mass is 32.2. The molecule has 112 valence electrons. The zero-order chi connectivity index (χ0) is 15.5. The summed E-state index contributed by atoms with van der Waals surface area (Å²) in [6.07, 6.45) is 0. The van der Waals surface area contributed by atoms with Crippen LogP contribution in [0.2, 0.25) is 0 Å². The molecule has 0 aromatic heterocycles. The van der Waals surface area contributed by atoms with Gasteiger partial charge in [0.1, 0.15) is 5.82 Å². The molecule has 0 fully saturated rings. The number of hydrogen-bond acceptors (Lipinski definition) is 5. The number of methoxy groups -OCH3 is 1. The molecular formula is C12H17FN2O4S. The number of sulfonamides is 1. The fraction of sp³-hybridized carbons (Fsp3) is 0.417. The van der Waals surface area contributed by atoms with Crippen LogP contribution in [-0.2, 0) is 14.8 Å². The van der Waals surface area contributed by atoms with E-state index in [-0.39, 0.29) is 12.1 Å². The van der Waals surface area contributed by atoms with Gasteiger partial charge in [0.25, 0.3) is 0 Å². The van der Waals surface area contributed by atoms with Gasteiger partial charge in [0, 0.05) is 19.6 Å². The maximum atomic E-state index is 13.3. The Balaban J connectivity index is 3.44. The topological polar surface area (TPSA) is 89.7 Å². The second kappa shape index (κ2) is 6.29. The van der Waals surface area contributed by atoms with Gasteiger partial charge in [0.05, 0.1) is 17.6 Å². The molecule has 1 aromatic carbocycles. The number of nitrogens with zero attached hydrogens (tertiary/aromatic N) is 1. The van der Waals surface area contributed by atoms with E-state index in [9.17, 15) is 17.6 Å². The lowest BCUT2D eigenvalue weighted by Crippen LogP contribution is -2.40. The molecule has 1 rings (SSSR count). The van der Waals surface area contributed by atoms with Gasteiger partial charge in [-0.15, -0.1) is 0 Å². The first-order valence-corrected chi connectivity index (χ1v) is 7.25. The van der Waals surface area contributed by atoms with Crippen LogP contribution in [0, 0.1) is 5.82 Å². The van der Waals surface area contributed by atoms with Crippen LogP contribution in [0.15, 0.2) is 23.1 Å². The van der Waals surface area contributed by atoms with Crippen molar-refractivity contribution in [2.75, 3.05) is 20.7 Å². The lowest BCUT2D eigenvalue weighted by atomic mass is 10.2. The predicted octanol–water partition coefficient (Wildman–Crippen LogP) is 0.580. The van der Waals surface area contributed by atoms with E-state index in [4.69, 9.17) is 5.73 Å². The molecular weight excluding hydrogens is 287 g/mol. The summed E-state index contributed by atoms with van der Waals surface area (Å²) < 4.78 is 43.7. The molecule has 1 aromatic rings. The van der Waals surface area contributed by atoms with Gasteiger partial charge in [-0.2, -0.15) is 4.31 Å². The Morgan fingerprint density at radius 3 is 2.60 bits per heavy atom. The summed E-state index contributed by atoms with van der Waals surface area (Å²) in [6.45, 7) is 1.70. The summed E-state index contributed by atoms with van der Waals surface area (Å²) in [4.78, 5) is 11.2. The van der Waals surface area contributed by atoms with Gasteiger partial charge in [-0.3, -0.25) is 0 Å². The Morgan fingerprint density at radius 1 is 1.50 bits per heavy atom. The maximum absolute atomic E-state index is 13.3. The van der Waals surface area contributed by atoms with E-state index in [1.54, 1.807) is 6.92 Å². The molecule has 0 aliphatic carbocycles. The number of nitrogens with two attached hydrogens (primary N) is 1. The third kappa shape index (κ3) is 3.14. The molecule has 0 saturated carbocycles. The maximum Gasteiger partial charge on any atom is 0.339 e. The first-order chi connectivity index (χ1) is 9.25. The standard InChI is InChI=1S/C12H17FN2O4S/c1-8(7-14)15(2)20(17,18)11-6-9(13)4-5-10(11)12(16)19-3/h4-6,8H,7,14H2,1-3H3. The van der Waals surface area contributed by atoms with Gasteiger partial charge in [-0.1, -0.05) is 0 Å². The monoisotopic (exact) mass is 304 g/mol.